The predicted octanol–water partition coefficient (Wildman–Crippen LogP) is 4.31. The first-order valence-electron chi connectivity index (χ1n) is 10.4. The fraction of sp³-hybridized carbons (Fsp3) is 1.00. The van der Waals surface area contributed by atoms with E-state index in [-0.39, 0.29) is 23.2 Å². The van der Waals surface area contributed by atoms with Crippen LogP contribution in [0.5, 0.6) is 0 Å². The average Bonchev–Trinajstić information content (AvgIpc) is 2.60. The van der Waals surface area contributed by atoms with Crippen molar-refractivity contribution in [2.24, 2.45) is 5.11 Å². The van der Waals surface area contributed by atoms with Crippen LogP contribution in [-0.4, -0.2) is 56.4 Å². The van der Waals surface area contributed by atoms with Crippen molar-refractivity contribution in [1.82, 2.24) is 0 Å². The van der Waals surface area contributed by atoms with Crippen molar-refractivity contribution < 1.29 is 28.6 Å². The maximum absolute atomic E-state index is 11.1. The zero-order valence-corrected chi connectivity index (χ0v) is 20.0. The van der Waals surface area contributed by atoms with Gasteiger partial charge < -0.3 is 18.6 Å². The molecule has 2 aliphatic heterocycles. The van der Waals surface area contributed by atoms with Gasteiger partial charge in [0.2, 0.25) is 14.6 Å². The second-order valence-electron chi connectivity index (χ2n) is 9.26. The van der Waals surface area contributed by atoms with Crippen LogP contribution in [0.15, 0.2) is 5.11 Å². The van der Waals surface area contributed by atoms with Gasteiger partial charge in [0.15, 0.2) is 5.79 Å². The summed E-state index contributed by atoms with van der Waals surface area (Å²) >= 11 is 0. The average molecular weight is 447 g/mol. The molecule has 30 heavy (non-hydrogen) atoms. The van der Waals surface area contributed by atoms with Gasteiger partial charge in [-0.3, -0.25) is 4.84 Å². The third kappa shape index (κ3) is 4.89. The summed E-state index contributed by atoms with van der Waals surface area (Å²) in [6.07, 6.45) is -3.46. The van der Waals surface area contributed by atoms with Crippen molar-refractivity contribution in [3.05, 3.63) is 20.6 Å². The van der Waals surface area contributed by atoms with E-state index in [2.05, 4.69) is 51.6 Å². The predicted molar refractivity (Wildman–Crippen MR) is 110 cm³/mol. The molecule has 11 nitrogen and oxygen atoms in total. The van der Waals surface area contributed by atoms with E-state index in [0.717, 1.165) is 0 Å². The lowest BCUT2D eigenvalue weighted by molar-refractivity contribution is -0.784. The molecule has 2 saturated heterocycles. The molecule has 5 atom stereocenters. The fourth-order valence-corrected chi connectivity index (χ4v) is 10.5. The number of nitrogens with zero attached hydrogens (tertiary/aromatic N) is 4. The highest BCUT2D eigenvalue weighted by Crippen LogP contribution is 2.46. The zero-order valence-electron chi connectivity index (χ0n) is 19.0. The number of azide groups is 1. The molecule has 2 fully saturated rings. The molecule has 0 saturated carbocycles. The number of fused-ring (bicyclic) bond motifs is 1. The van der Waals surface area contributed by atoms with Crippen molar-refractivity contribution in [2.45, 2.75) is 108 Å². The minimum absolute atomic E-state index is 0.150. The third-order valence-electron chi connectivity index (χ3n) is 6.05. The monoisotopic (exact) mass is 446 g/mol. The summed E-state index contributed by atoms with van der Waals surface area (Å²) in [5.74, 6) is -0.901. The molecule has 0 spiro atoms. The Hall–Kier alpha value is -1.43. The molecule has 0 aromatic carbocycles. The number of hydrogen-bond acceptors (Lipinski definition) is 8. The van der Waals surface area contributed by atoms with Crippen LogP contribution in [0.3, 0.4) is 0 Å². The largest absolute Gasteiger partial charge is 0.410 e. The topological polar surface area (TPSA) is 138 Å². The molecule has 2 rings (SSSR count). The summed E-state index contributed by atoms with van der Waals surface area (Å²) < 4.78 is 24.5. The van der Waals surface area contributed by atoms with Crippen LogP contribution in [0.2, 0.25) is 16.6 Å². The molecule has 0 amide bonds. The van der Waals surface area contributed by atoms with E-state index in [0.29, 0.717) is 0 Å². The first-order valence-corrected chi connectivity index (χ1v) is 12.5. The van der Waals surface area contributed by atoms with Gasteiger partial charge in [-0.25, -0.2) is 0 Å². The smallest absolute Gasteiger partial charge is 0.297 e. The van der Waals surface area contributed by atoms with Gasteiger partial charge in [-0.15, -0.1) is 10.1 Å². The number of ether oxygens (including phenoxy) is 3. The van der Waals surface area contributed by atoms with E-state index in [1.54, 1.807) is 13.8 Å². The van der Waals surface area contributed by atoms with Gasteiger partial charge in [-0.1, -0.05) is 46.7 Å². The normalized spacial score (nSPS) is 31.4. The lowest BCUT2D eigenvalue weighted by atomic mass is 9.96. The molecule has 0 unspecified atom stereocenters. The highest BCUT2D eigenvalue weighted by molar-refractivity contribution is 6.77. The van der Waals surface area contributed by atoms with Crippen LogP contribution in [0.25, 0.3) is 10.4 Å². The standard InChI is InChI=1S/C18H34N4O7Si/c1-10(2)30(11(3)4,12(5)6)29-16-14(20-21-19)17(28-22(23)24)26-13-9-25-18(7,8)27-15(13)16/h10-17H,9H2,1-8H3/t13-,14-,15-,16-,17-/m1/s1. The van der Waals surface area contributed by atoms with Crippen LogP contribution in [0.4, 0.5) is 0 Å². The second kappa shape index (κ2) is 9.37. The summed E-state index contributed by atoms with van der Waals surface area (Å²) in [5, 5.41) is 13.9. The quantitative estimate of drug-likeness (QED) is 0.135. The van der Waals surface area contributed by atoms with Crippen molar-refractivity contribution in [1.29, 1.82) is 0 Å². The first-order chi connectivity index (χ1) is 13.9. The Labute approximate surface area is 178 Å². The Morgan fingerprint density at radius 2 is 1.77 bits per heavy atom. The van der Waals surface area contributed by atoms with Gasteiger partial charge in [-0.2, -0.15) is 0 Å². The molecule has 0 N–H and O–H groups in total. The van der Waals surface area contributed by atoms with Crippen LogP contribution in [0, 0.1) is 10.1 Å². The lowest BCUT2D eigenvalue weighted by Gasteiger charge is -2.53. The SMILES string of the molecule is CC(C)[Si](O[C@@H]1[C@@H](N=[N+]=[N-])[C@@H](O[N+](=O)[O-])O[C@@H]2COC(C)(C)O[C@@H]12)(C(C)C)C(C)C. The van der Waals surface area contributed by atoms with E-state index in [9.17, 15) is 15.6 Å². The van der Waals surface area contributed by atoms with Gasteiger partial charge >= 0.3 is 0 Å². The Morgan fingerprint density at radius 3 is 2.23 bits per heavy atom. The van der Waals surface area contributed by atoms with Gasteiger partial charge in [0, 0.05) is 4.91 Å². The first kappa shape index (κ1) is 24.8. The van der Waals surface area contributed by atoms with E-state index in [1.807, 2.05) is 0 Å². The molecule has 0 aromatic rings. The molecule has 2 aliphatic rings. The van der Waals surface area contributed by atoms with Crippen LogP contribution >= 0.6 is 0 Å². The van der Waals surface area contributed by atoms with Crippen molar-refractivity contribution >= 4 is 8.32 Å². The molecular weight excluding hydrogens is 412 g/mol. The van der Waals surface area contributed by atoms with Gasteiger partial charge in [0.05, 0.1) is 12.7 Å². The highest BCUT2D eigenvalue weighted by atomic mass is 28.4. The maximum Gasteiger partial charge on any atom is 0.297 e. The summed E-state index contributed by atoms with van der Waals surface area (Å²) in [6.45, 7) is 16.5. The number of rotatable bonds is 8. The maximum atomic E-state index is 11.1. The van der Waals surface area contributed by atoms with E-state index >= 15 is 0 Å². The Bertz CT molecular complexity index is 647. The highest BCUT2D eigenvalue weighted by Gasteiger charge is 2.57. The Kier molecular flexibility index (Phi) is 7.76. The lowest BCUT2D eigenvalue weighted by Crippen LogP contribution is -2.67. The zero-order chi connectivity index (χ0) is 22.9. The van der Waals surface area contributed by atoms with Crippen LogP contribution in [0.1, 0.15) is 55.4 Å². The minimum Gasteiger partial charge on any atom is -0.410 e. The van der Waals surface area contributed by atoms with Crippen LogP contribution in [-0.2, 0) is 23.5 Å². The van der Waals surface area contributed by atoms with Crippen LogP contribution < -0.4 is 0 Å². The molecule has 2 heterocycles. The molecule has 12 heteroatoms. The van der Waals surface area contributed by atoms with E-state index in [4.69, 9.17) is 23.5 Å². The molecular formula is C18H34N4O7Si. The van der Waals surface area contributed by atoms with E-state index in [1.165, 1.54) is 0 Å². The third-order valence-corrected chi connectivity index (χ3v) is 12.1. The summed E-state index contributed by atoms with van der Waals surface area (Å²) in [4.78, 5) is 18.7. The fourth-order valence-electron chi connectivity index (χ4n) is 4.95. The molecule has 0 radical (unpaired) electrons. The minimum atomic E-state index is -2.46. The second-order valence-corrected chi connectivity index (χ2v) is 14.7. The molecule has 0 aliphatic carbocycles. The van der Waals surface area contributed by atoms with Gasteiger partial charge in [0.25, 0.3) is 5.09 Å². The number of hydrogen-bond donors (Lipinski definition) is 0. The van der Waals surface area contributed by atoms with Gasteiger partial charge in [0.1, 0.15) is 18.2 Å². The summed E-state index contributed by atoms with van der Waals surface area (Å²) in [7, 11) is -2.46. The van der Waals surface area contributed by atoms with Gasteiger partial charge in [-0.05, 0) is 36.0 Å². The molecule has 0 bridgehead atoms. The Morgan fingerprint density at radius 1 is 1.20 bits per heavy atom. The summed E-state index contributed by atoms with van der Waals surface area (Å²) in [6, 6.07) is -1.08. The van der Waals surface area contributed by atoms with Crippen molar-refractivity contribution in [3.63, 3.8) is 0 Å². The van der Waals surface area contributed by atoms with E-state index < -0.39 is 49.8 Å². The molecule has 0 aromatic heterocycles. The van der Waals surface area contributed by atoms with Crippen molar-refractivity contribution in [2.75, 3.05) is 6.61 Å². The summed E-state index contributed by atoms with van der Waals surface area (Å²) in [5.41, 5.74) is 9.91. The van der Waals surface area contributed by atoms with Crippen molar-refractivity contribution in [3.8, 4) is 0 Å². The Balaban J connectivity index is 2.55. The molecule has 172 valence electrons.